The van der Waals surface area contributed by atoms with Crippen LogP contribution >= 0.6 is 0 Å². The summed E-state index contributed by atoms with van der Waals surface area (Å²) in [7, 11) is 0. The smallest absolute Gasteiger partial charge is 0.0829 e. The standard InChI is InChI=1S/C13H27N3O/c1-3-15-6-7-17-12(9-15)10-16-5-4-11(2)13(16)8-14/h11-13H,3-10,14H2,1-2H3. The van der Waals surface area contributed by atoms with Crippen molar-refractivity contribution in [3.05, 3.63) is 0 Å². The summed E-state index contributed by atoms with van der Waals surface area (Å²) in [5.74, 6) is 0.742. The number of hydrogen-bond acceptors (Lipinski definition) is 4. The third kappa shape index (κ3) is 3.19. The molecule has 0 saturated carbocycles. The molecule has 4 nitrogen and oxygen atoms in total. The molecular formula is C13H27N3O. The van der Waals surface area contributed by atoms with Gasteiger partial charge in [0.2, 0.25) is 0 Å². The first kappa shape index (κ1) is 13.3. The van der Waals surface area contributed by atoms with E-state index >= 15 is 0 Å². The number of likely N-dealkylation sites (N-methyl/N-ethyl adjacent to an activating group) is 1. The fraction of sp³-hybridized carbons (Fsp3) is 1.00. The summed E-state index contributed by atoms with van der Waals surface area (Å²) in [5.41, 5.74) is 5.88. The largest absolute Gasteiger partial charge is 0.374 e. The van der Waals surface area contributed by atoms with Gasteiger partial charge in [0.05, 0.1) is 12.7 Å². The summed E-state index contributed by atoms with van der Waals surface area (Å²) in [4.78, 5) is 5.01. The fourth-order valence-electron chi connectivity index (χ4n) is 3.14. The molecule has 2 rings (SSSR count). The Morgan fingerprint density at radius 2 is 2.18 bits per heavy atom. The number of hydrogen-bond donors (Lipinski definition) is 1. The molecule has 2 fully saturated rings. The van der Waals surface area contributed by atoms with Crippen molar-refractivity contribution in [2.45, 2.75) is 32.4 Å². The van der Waals surface area contributed by atoms with Crippen LogP contribution < -0.4 is 5.73 Å². The number of rotatable bonds is 4. The summed E-state index contributed by atoms with van der Waals surface area (Å²) < 4.78 is 5.88. The van der Waals surface area contributed by atoms with E-state index in [2.05, 4.69) is 23.6 Å². The lowest BCUT2D eigenvalue weighted by Gasteiger charge is -2.36. The zero-order valence-electron chi connectivity index (χ0n) is 11.3. The maximum absolute atomic E-state index is 5.88. The fourth-order valence-corrected chi connectivity index (χ4v) is 3.14. The molecule has 2 aliphatic rings. The van der Waals surface area contributed by atoms with E-state index in [0.717, 1.165) is 45.2 Å². The van der Waals surface area contributed by atoms with Crippen molar-refractivity contribution in [2.75, 3.05) is 45.9 Å². The van der Waals surface area contributed by atoms with Crippen LogP contribution in [-0.4, -0.2) is 67.8 Å². The number of likely N-dealkylation sites (tertiary alicyclic amines) is 1. The van der Waals surface area contributed by atoms with Gasteiger partial charge in [0, 0.05) is 32.2 Å². The molecule has 0 aromatic heterocycles. The second-order valence-corrected chi connectivity index (χ2v) is 5.45. The monoisotopic (exact) mass is 241 g/mol. The molecule has 2 N–H and O–H groups in total. The molecule has 3 atom stereocenters. The van der Waals surface area contributed by atoms with Gasteiger partial charge < -0.3 is 10.5 Å². The van der Waals surface area contributed by atoms with E-state index in [1.165, 1.54) is 13.0 Å². The first-order valence-corrected chi connectivity index (χ1v) is 7.02. The van der Waals surface area contributed by atoms with Crippen molar-refractivity contribution in [1.82, 2.24) is 9.80 Å². The third-order valence-electron chi connectivity index (χ3n) is 4.35. The van der Waals surface area contributed by atoms with E-state index in [4.69, 9.17) is 10.5 Å². The molecule has 0 radical (unpaired) electrons. The minimum absolute atomic E-state index is 0.378. The Balaban J connectivity index is 1.83. The van der Waals surface area contributed by atoms with Crippen LogP contribution in [0.1, 0.15) is 20.3 Å². The lowest BCUT2D eigenvalue weighted by Crippen LogP contribution is -2.49. The molecule has 0 amide bonds. The Morgan fingerprint density at radius 1 is 1.35 bits per heavy atom. The topological polar surface area (TPSA) is 41.7 Å². The summed E-state index contributed by atoms with van der Waals surface area (Å²) in [6.07, 6.45) is 1.66. The molecular weight excluding hydrogens is 214 g/mol. The molecule has 100 valence electrons. The van der Waals surface area contributed by atoms with E-state index < -0.39 is 0 Å². The van der Waals surface area contributed by atoms with E-state index in [1.807, 2.05) is 0 Å². The molecule has 0 aliphatic carbocycles. The van der Waals surface area contributed by atoms with Gasteiger partial charge in [-0.25, -0.2) is 0 Å². The second kappa shape index (κ2) is 6.14. The molecule has 2 heterocycles. The number of nitrogens with two attached hydrogens (primary N) is 1. The van der Waals surface area contributed by atoms with E-state index in [0.29, 0.717) is 12.1 Å². The zero-order valence-corrected chi connectivity index (χ0v) is 11.3. The van der Waals surface area contributed by atoms with Gasteiger partial charge >= 0.3 is 0 Å². The number of morpholine rings is 1. The maximum Gasteiger partial charge on any atom is 0.0829 e. The van der Waals surface area contributed by atoms with Gasteiger partial charge in [-0.3, -0.25) is 9.80 Å². The average Bonchev–Trinajstić information content (AvgIpc) is 2.70. The van der Waals surface area contributed by atoms with E-state index in [1.54, 1.807) is 0 Å². The lowest BCUT2D eigenvalue weighted by atomic mass is 10.0. The first-order valence-electron chi connectivity index (χ1n) is 7.02. The van der Waals surface area contributed by atoms with Gasteiger partial charge in [-0.1, -0.05) is 13.8 Å². The predicted octanol–water partition coefficient (Wildman–Crippen LogP) is 0.376. The Labute approximate surface area is 105 Å². The van der Waals surface area contributed by atoms with Gasteiger partial charge in [-0.15, -0.1) is 0 Å². The molecule has 0 bridgehead atoms. The Morgan fingerprint density at radius 3 is 2.88 bits per heavy atom. The van der Waals surface area contributed by atoms with Crippen LogP contribution in [0.4, 0.5) is 0 Å². The summed E-state index contributed by atoms with van der Waals surface area (Å²) in [6, 6.07) is 0.565. The average molecular weight is 241 g/mol. The van der Waals surface area contributed by atoms with Gasteiger partial charge in [0.25, 0.3) is 0 Å². The van der Waals surface area contributed by atoms with Gasteiger partial charge in [-0.05, 0) is 25.4 Å². The Bertz CT molecular complexity index is 237. The highest BCUT2D eigenvalue weighted by atomic mass is 16.5. The number of ether oxygens (including phenoxy) is 1. The number of nitrogens with zero attached hydrogens (tertiary/aromatic N) is 2. The molecule has 17 heavy (non-hydrogen) atoms. The van der Waals surface area contributed by atoms with Crippen molar-refractivity contribution in [3.63, 3.8) is 0 Å². The second-order valence-electron chi connectivity index (χ2n) is 5.45. The van der Waals surface area contributed by atoms with Crippen LogP contribution in [0, 0.1) is 5.92 Å². The van der Waals surface area contributed by atoms with Crippen molar-refractivity contribution < 1.29 is 4.74 Å². The van der Waals surface area contributed by atoms with Gasteiger partial charge in [0.15, 0.2) is 0 Å². The van der Waals surface area contributed by atoms with E-state index in [9.17, 15) is 0 Å². The minimum Gasteiger partial charge on any atom is -0.374 e. The van der Waals surface area contributed by atoms with Crippen LogP contribution in [0.25, 0.3) is 0 Å². The molecule has 0 aromatic rings. The maximum atomic E-state index is 5.88. The minimum atomic E-state index is 0.378. The molecule has 0 aromatic carbocycles. The van der Waals surface area contributed by atoms with Crippen LogP contribution in [0.2, 0.25) is 0 Å². The highest BCUT2D eigenvalue weighted by Crippen LogP contribution is 2.23. The van der Waals surface area contributed by atoms with Crippen molar-refractivity contribution in [3.8, 4) is 0 Å². The van der Waals surface area contributed by atoms with Crippen molar-refractivity contribution in [1.29, 1.82) is 0 Å². The predicted molar refractivity (Wildman–Crippen MR) is 70.1 cm³/mol. The summed E-state index contributed by atoms with van der Waals surface area (Å²) in [6.45, 7) is 11.8. The Hall–Kier alpha value is -0.160. The Kier molecular flexibility index (Phi) is 4.79. The lowest BCUT2D eigenvalue weighted by molar-refractivity contribution is -0.0437. The van der Waals surface area contributed by atoms with Crippen LogP contribution in [-0.2, 0) is 4.74 Å². The first-order chi connectivity index (χ1) is 8.24. The zero-order chi connectivity index (χ0) is 12.3. The summed E-state index contributed by atoms with van der Waals surface area (Å²) in [5, 5.41) is 0. The quantitative estimate of drug-likeness (QED) is 0.772. The highest BCUT2D eigenvalue weighted by Gasteiger charge is 2.32. The summed E-state index contributed by atoms with van der Waals surface area (Å²) >= 11 is 0. The molecule has 2 saturated heterocycles. The van der Waals surface area contributed by atoms with Crippen molar-refractivity contribution >= 4 is 0 Å². The van der Waals surface area contributed by atoms with Gasteiger partial charge in [0.1, 0.15) is 0 Å². The molecule has 3 unspecified atom stereocenters. The molecule has 0 spiro atoms. The normalized spacial score (nSPS) is 36.5. The molecule has 2 aliphatic heterocycles. The van der Waals surface area contributed by atoms with Crippen LogP contribution in [0.5, 0.6) is 0 Å². The molecule has 4 heteroatoms. The third-order valence-corrected chi connectivity index (χ3v) is 4.35. The highest BCUT2D eigenvalue weighted by molar-refractivity contribution is 4.87. The van der Waals surface area contributed by atoms with E-state index in [-0.39, 0.29) is 0 Å². The van der Waals surface area contributed by atoms with Crippen LogP contribution in [0.3, 0.4) is 0 Å². The van der Waals surface area contributed by atoms with Crippen molar-refractivity contribution in [2.24, 2.45) is 11.7 Å². The van der Waals surface area contributed by atoms with Crippen LogP contribution in [0.15, 0.2) is 0 Å². The van der Waals surface area contributed by atoms with Gasteiger partial charge in [-0.2, -0.15) is 0 Å². The SMILES string of the molecule is CCN1CCOC(CN2CCC(C)C2CN)C1.